The lowest BCUT2D eigenvalue weighted by molar-refractivity contribution is -0.132. The second-order valence-electron chi connectivity index (χ2n) is 3.94. The van der Waals surface area contributed by atoms with E-state index < -0.39 is 0 Å². The van der Waals surface area contributed by atoms with Crippen molar-refractivity contribution in [3.63, 3.8) is 0 Å². The van der Waals surface area contributed by atoms with Gasteiger partial charge >= 0.3 is 0 Å². The van der Waals surface area contributed by atoms with Crippen LogP contribution in [0, 0.1) is 0 Å². The Morgan fingerprint density at radius 1 is 1.27 bits per heavy atom. The summed E-state index contributed by atoms with van der Waals surface area (Å²) in [5.41, 5.74) is 0. The standard InChI is InChI=1S/C12H25NO2/c1-5-7-12(8-6-2)13(11(3)14)9-10-15-4/h12H,5-10H2,1-4H3. The number of methoxy groups -OCH3 is 1. The molecule has 0 aliphatic rings. The van der Waals surface area contributed by atoms with Crippen molar-refractivity contribution >= 4 is 5.91 Å². The lowest BCUT2D eigenvalue weighted by Crippen LogP contribution is -2.41. The molecule has 0 aliphatic carbocycles. The molecule has 0 rings (SSSR count). The quantitative estimate of drug-likeness (QED) is 0.622. The first-order valence-electron chi connectivity index (χ1n) is 5.93. The maximum Gasteiger partial charge on any atom is 0.219 e. The van der Waals surface area contributed by atoms with Crippen molar-refractivity contribution in [1.29, 1.82) is 0 Å². The van der Waals surface area contributed by atoms with Gasteiger partial charge in [-0.1, -0.05) is 26.7 Å². The summed E-state index contributed by atoms with van der Waals surface area (Å²) in [4.78, 5) is 13.5. The minimum atomic E-state index is 0.166. The molecule has 15 heavy (non-hydrogen) atoms. The number of hydrogen-bond donors (Lipinski definition) is 0. The summed E-state index contributed by atoms with van der Waals surface area (Å²) in [6, 6.07) is 0.396. The molecular weight excluding hydrogens is 190 g/mol. The van der Waals surface area contributed by atoms with E-state index in [2.05, 4.69) is 13.8 Å². The van der Waals surface area contributed by atoms with Gasteiger partial charge in [-0.25, -0.2) is 0 Å². The van der Waals surface area contributed by atoms with Crippen LogP contribution in [0.5, 0.6) is 0 Å². The number of carbonyl (C=O) groups excluding carboxylic acids is 1. The third-order valence-corrected chi connectivity index (χ3v) is 2.63. The second kappa shape index (κ2) is 8.72. The molecule has 0 saturated heterocycles. The zero-order valence-corrected chi connectivity index (χ0v) is 10.6. The van der Waals surface area contributed by atoms with E-state index in [1.807, 2.05) is 4.90 Å². The van der Waals surface area contributed by atoms with Gasteiger partial charge in [0.2, 0.25) is 5.91 Å². The largest absolute Gasteiger partial charge is 0.383 e. The third kappa shape index (κ3) is 5.78. The van der Waals surface area contributed by atoms with E-state index in [1.54, 1.807) is 14.0 Å². The van der Waals surface area contributed by atoms with Gasteiger partial charge in [0.15, 0.2) is 0 Å². The Labute approximate surface area is 93.8 Å². The molecule has 0 aromatic heterocycles. The summed E-state index contributed by atoms with van der Waals surface area (Å²) in [6.45, 7) is 7.32. The van der Waals surface area contributed by atoms with Crippen molar-refractivity contribution in [2.75, 3.05) is 20.3 Å². The minimum absolute atomic E-state index is 0.166. The number of amides is 1. The fourth-order valence-electron chi connectivity index (χ4n) is 1.91. The molecule has 0 N–H and O–H groups in total. The third-order valence-electron chi connectivity index (χ3n) is 2.63. The highest BCUT2D eigenvalue weighted by Crippen LogP contribution is 2.13. The van der Waals surface area contributed by atoms with Crippen molar-refractivity contribution in [1.82, 2.24) is 4.90 Å². The Morgan fingerprint density at radius 2 is 1.80 bits per heavy atom. The van der Waals surface area contributed by atoms with Crippen LogP contribution in [-0.4, -0.2) is 37.1 Å². The number of nitrogens with zero attached hydrogens (tertiary/aromatic N) is 1. The molecule has 0 aliphatic heterocycles. The molecule has 1 amide bonds. The molecule has 0 aromatic rings. The van der Waals surface area contributed by atoms with E-state index in [0.717, 1.165) is 32.2 Å². The molecule has 0 fully saturated rings. The molecule has 0 saturated carbocycles. The molecule has 0 aromatic carbocycles. The van der Waals surface area contributed by atoms with Crippen molar-refractivity contribution in [2.45, 2.75) is 52.5 Å². The molecule has 0 bridgehead atoms. The number of ether oxygens (including phenoxy) is 1. The van der Waals surface area contributed by atoms with E-state index in [-0.39, 0.29) is 5.91 Å². The first-order chi connectivity index (χ1) is 7.17. The van der Waals surface area contributed by atoms with Crippen LogP contribution < -0.4 is 0 Å². The van der Waals surface area contributed by atoms with Crippen molar-refractivity contribution in [2.24, 2.45) is 0 Å². The Kier molecular flexibility index (Phi) is 8.38. The monoisotopic (exact) mass is 215 g/mol. The smallest absolute Gasteiger partial charge is 0.219 e. The SMILES string of the molecule is CCCC(CCC)N(CCOC)C(C)=O. The first kappa shape index (κ1) is 14.4. The molecule has 3 nitrogen and oxygen atoms in total. The average Bonchev–Trinajstić information content (AvgIpc) is 2.18. The van der Waals surface area contributed by atoms with Gasteiger partial charge in [-0.3, -0.25) is 4.79 Å². The van der Waals surface area contributed by atoms with Crippen LogP contribution in [0.3, 0.4) is 0 Å². The van der Waals surface area contributed by atoms with Crippen LogP contribution in [0.25, 0.3) is 0 Å². The lowest BCUT2D eigenvalue weighted by atomic mass is 10.0. The maximum absolute atomic E-state index is 11.5. The molecule has 0 unspecified atom stereocenters. The zero-order valence-electron chi connectivity index (χ0n) is 10.6. The van der Waals surface area contributed by atoms with Gasteiger partial charge in [-0.05, 0) is 12.8 Å². The van der Waals surface area contributed by atoms with E-state index in [1.165, 1.54) is 0 Å². The van der Waals surface area contributed by atoms with Crippen LogP contribution in [0.2, 0.25) is 0 Å². The maximum atomic E-state index is 11.5. The van der Waals surface area contributed by atoms with Gasteiger partial charge < -0.3 is 9.64 Å². The molecule has 0 radical (unpaired) electrons. The van der Waals surface area contributed by atoms with E-state index in [0.29, 0.717) is 12.6 Å². The number of rotatable bonds is 8. The first-order valence-corrected chi connectivity index (χ1v) is 5.93. The Morgan fingerprint density at radius 3 is 2.13 bits per heavy atom. The van der Waals surface area contributed by atoms with Crippen LogP contribution in [-0.2, 0) is 9.53 Å². The summed E-state index contributed by atoms with van der Waals surface area (Å²) >= 11 is 0. The van der Waals surface area contributed by atoms with Gasteiger partial charge in [0.1, 0.15) is 0 Å². The Bertz CT molecular complexity index is 165. The fraction of sp³-hybridized carbons (Fsp3) is 0.917. The normalized spacial score (nSPS) is 10.7. The lowest BCUT2D eigenvalue weighted by Gasteiger charge is -2.30. The number of carbonyl (C=O) groups is 1. The van der Waals surface area contributed by atoms with Crippen LogP contribution in [0.4, 0.5) is 0 Å². The van der Waals surface area contributed by atoms with E-state index >= 15 is 0 Å². The van der Waals surface area contributed by atoms with Crippen LogP contribution in [0.15, 0.2) is 0 Å². The predicted octanol–water partition coefficient (Wildman–Crippen LogP) is 2.45. The highest BCUT2D eigenvalue weighted by Gasteiger charge is 2.18. The van der Waals surface area contributed by atoms with E-state index in [9.17, 15) is 4.79 Å². The summed E-state index contributed by atoms with van der Waals surface area (Å²) in [7, 11) is 1.67. The Hall–Kier alpha value is -0.570. The van der Waals surface area contributed by atoms with Gasteiger partial charge in [-0.2, -0.15) is 0 Å². The zero-order chi connectivity index (χ0) is 11.7. The minimum Gasteiger partial charge on any atom is -0.383 e. The summed E-state index contributed by atoms with van der Waals surface area (Å²) in [6.07, 6.45) is 4.44. The van der Waals surface area contributed by atoms with E-state index in [4.69, 9.17) is 4.74 Å². The molecule has 0 heterocycles. The van der Waals surface area contributed by atoms with Gasteiger partial charge in [-0.15, -0.1) is 0 Å². The fourth-order valence-corrected chi connectivity index (χ4v) is 1.91. The summed E-state index contributed by atoms with van der Waals surface area (Å²) < 4.78 is 5.04. The highest BCUT2D eigenvalue weighted by molar-refractivity contribution is 5.73. The van der Waals surface area contributed by atoms with Gasteiger partial charge in [0.25, 0.3) is 0 Å². The molecule has 90 valence electrons. The number of hydrogen-bond acceptors (Lipinski definition) is 2. The van der Waals surface area contributed by atoms with Crippen molar-refractivity contribution in [3.05, 3.63) is 0 Å². The molecule has 0 atom stereocenters. The molecule has 3 heteroatoms. The highest BCUT2D eigenvalue weighted by atomic mass is 16.5. The molecule has 0 spiro atoms. The van der Waals surface area contributed by atoms with Crippen LogP contribution >= 0.6 is 0 Å². The van der Waals surface area contributed by atoms with Crippen molar-refractivity contribution in [3.8, 4) is 0 Å². The Balaban J connectivity index is 4.30. The summed E-state index contributed by atoms with van der Waals surface area (Å²) in [5.74, 6) is 0.166. The molecular formula is C12H25NO2. The summed E-state index contributed by atoms with van der Waals surface area (Å²) in [5, 5.41) is 0. The van der Waals surface area contributed by atoms with Gasteiger partial charge in [0, 0.05) is 26.6 Å². The predicted molar refractivity (Wildman–Crippen MR) is 62.9 cm³/mol. The van der Waals surface area contributed by atoms with Gasteiger partial charge in [0.05, 0.1) is 6.61 Å². The van der Waals surface area contributed by atoms with Crippen molar-refractivity contribution < 1.29 is 9.53 Å². The topological polar surface area (TPSA) is 29.5 Å². The second-order valence-corrected chi connectivity index (χ2v) is 3.94. The average molecular weight is 215 g/mol. The van der Waals surface area contributed by atoms with Crippen LogP contribution in [0.1, 0.15) is 46.5 Å².